The van der Waals surface area contributed by atoms with Gasteiger partial charge in [0.1, 0.15) is 6.61 Å². The molecule has 8 nitrogen and oxygen atoms in total. The van der Waals surface area contributed by atoms with E-state index >= 15 is 0 Å². The second-order valence-electron chi connectivity index (χ2n) is 8.42. The Balaban J connectivity index is 1.25. The molecule has 35 heavy (non-hydrogen) atoms. The van der Waals surface area contributed by atoms with Gasteiger partial charge in [-0.3, -0.25) is 4.79 Å². The Bertz CT molecular complexity index is 1080. The van der Waals surface area contributed by atoms with Crippen molar-refractivity contribution >= 4 is 18.0 Å². The second kappa shape index (κ2) is 9.95. The predicted molar refractivity (Wildman–Crippen MR) is 117 cm³/mol. The van der Waals surface area contributed by atoms with Crippen molar-refractivity contribution in [1.29, 1.82) is 0 Å². The number of carboxylic acids is 1. The first-order chi connectivity index (χ1) is 16.6. The molecule has 1 aliphatic carbocycles. The van der Waals surface area contributed by atoms with Gasteiger partial charge in [-0.2, -0.15) is 13.2 Å². The molecule has 3 N–H and O–H groups in total. The Morgan fingerprint density at radius 2 is 1.66 bits per heavy atom. The quantitative estimate of drug-likeness (QED) is 0.548. The van der Waals surface area contributed by atoms with E-state index in [1.54, 1.807) is 0 Å². The standard InChI is InChI=1S/C24H23F3N2O6/c25-24(26,27)20(22(31)32)29-21(30)13-9-14(34-11-13)10-28-23(33)35-12-19-17-7-3-1-5-15(17)16-6-2-4-8-18(16)19/h1-8,13-14,19-20H,9-12H2,(H,28,33)(H,29,30)(H,31,32)/t13-,14-,20?/m0/s1. The predicted octanol–water partition coefficient (Wildman–Crippen LogP) is 3.06. The molecule has 0 aromatic heterocycles. The van der Waals surface area contributed by atoms with Crippen molar-refractivity contribution in [3.05, 3.63) is 59.7 Å². The number of aliphatic carboxylic acids is 1. The van der Waals surface area contributed by atoms with Crippen LogP contribution in [0.15, 0.2) is 48.5 Å². The van der Waals surface area contributed by atoms with Crippen LogP contribution < -0.4 is 10.6 Å². The summed E-state index contributed by atoms with van der Waals surface area (Å²) < 4.78 is 49.1. The zero-order valence-corrected chi connectivity index (χ0v) is 18.4. The van der Waals surface area contributed by atoms with Crippen LogP contribution in [0.2, 0.25) is 0 Å². The number of benzene rings is 2. The molecule has 1 fully saturated rings. The number of carbonyl (C=O) groups is 3. The van der Waals surface area contributed by atoms with Gasteiger partial charge in [-0.25, -0.2) is 9.59 Å². The molecule has 0 radical (unpaired) electrons. The highest BCUT2D eigenvalue weighted by Gasteiger charge is 2.47. The highest BCUT2D eigenvalue weighted by molar-refractivity contribution is 5.85. The van der Waals surface area contributed by atoms with Gasteiger partial charge in [0.2, 0.25) is 11.9 Å². The van der Waals surface area contributed by atoms with E-state index in [4.69, 9.17) is 14.6 Å². The van der Waals surface area contributed by atoms with Crippen LogP contribution in [-0.2, 0) is 19.1 Å². The molecule has 2 aromatic rings. The van der Waals surface area contributed by atoms with Crippen LogP contribution in [0.4, 0.5) is 18.0 Å². The van der Waals surface area contributed by atoms with Crippen LogP contribution in [-0.4, -0.2) is 61.2 Å². The van der Waals surface area contributed by atoms with Crippen molar-refractivity contribution in [3.8, 4) is 11.1 Å². The number of alkyl carbamates (subject to hydrolysis) is 1. The first-order valence-corrected chi connectivity index (χ1v) is 11.0. The summed E-state index contributed by atoms with van der Waals surface area (Å²) in [5, 5.41) is 12.8. The fourth-order valence-electron chi connectivity index (χ4n) is 4.42. The highest BCUT2D eigenvalue weighted by atomic mass is 19.4. The van der Waals surface area contributed by atoms with E-state index in [-0.39, 0.29) is 32.1 Å². The normalized spacial score (nSPS) is 20.0. The number of carboxylic acid groups (broad SMARTS) is 1. The molecule has 4 rings (SSSR count). The molecular weight excluding hydrogens is 469 g/mol. The van der Waals surface area contributed by atoms with Crippen LogP contribution in [0.1, 0.15) is 23.5 Å². The molecule has 186 valence electrons. The number of hydrogen-bond acceptors (Lipinski definition) is 5. The smallest absolute Gasteiger partial charge is 0.419 e. The van der Waals surface area contributed by atoms with Crippen molar-refractivity contribution in [1.82, 2.24) is 10.6 Å². The van der Waals surface area contributed by atoms with Crippen molar-refractivity contribution in [2.75, 3.05) is 19.8 Å². The lowest BCUT2D eigenvalue weighted by Gasteiger charge is -2.19. The number of nitrogens with one attached hydrogen (secondary N) is 2. The zero-order valence-electron chi connectivity index (χ0n) is 18.4. The molecule has 1 saturated heterocycles. The Morgan fingerprint density at radius 3 is 2.23 bits per heavy atom. The molecule has 1 unspecified atom stereocenters. The van der Waals surface area contributed by atoms with Crippen molar-refractivity contribution < 1.29 is 42.1 Å². The van der Waals surface area contributed by atoms with E-state index in [0.717, 1.165) is 22.3 Å². The molecule has 1 aliphatic heterocycles. The highest BCUT2D eigenvalue weighted by Crippen LogP contribution is 2.44. The van der Waals surface area contributed by atoms with Crippen molar-refractivity contribution in [2.24, 2.45) is 5.92 Å². The molecule has 0 bridgehead atoms. The maximum Gasteiger partial charge on any atom is 0.419 e. The average molecular weight is 492 g/mol. The summed E-state index contributed by atoms with van der Waals surface area (Å²) in [5.74, 6) is -4.34. The molecule has 2 amide bonds. The van der Waals surface area contributed by atoms with E-state index in [9.17, 15) is 27.6 Å². The van der Waals surface area contributed by atoms with Crippen molar-refractivity contribution in [3.63, 3.8) is 0 Å². The van der Waals surface area contributed by atoms with Gasteiger partial charge in [0, 0.05) is 12.5 Å². The van der Waals surface area contributed by atoms with E-state index in [2.05, 4.69) is 5.32 Å². The van der Waals surface area contributed by atoms with Crippen LogP contribution in [0, 0.1) is 5.92 Å². The first kappa shape index (κ1) is 24.5. The third-order valence-electron chi connectivity index (χ3n) is 6.13. The molecule has 2 aromatic carbocycles. The number of carbonyl (C=O) groups excluding carboxylic acids is 2. The minimum atomic E-state index is -5.12. The summed E-state index contributed by atoms with van der Waals surface area (Å²) in [4.78, 5) is 35.1. The number of rotatable bonds is 7. The molecular formula is C24H23F3N2O6. The zero-order chi connectivity index (χ0) is 25.2. The summed E-state index contributed by atoms with van der Waals surface area (Å²) >= 11 is 0. The summed E-state index contributed by atoms with van der Waals surface area (Å²) in [6, 6.07) is 12.8. The number of hydrogen-bond donors (Lipinski definition) is 3. The number of fused-ring (bicyclic) bond motifs is 3. The lowest BCUT2D eigenvalue weighted by Crippen LogP contribution is -2.52. The molecule has 0 spiro atoms. The van der Waals surface area contributed by atoms with Gasteiger partial charge in [0.15, 0.2) is 0 Å². The van der Waals surface area contributed by atoms with Gasteiger partial charge in [-0.1, -0.05) is 48.5 Å². The van der Waals surface area contributed by atoms with Gasteiger partial charge in [-0.05, 0) is 28.7 Å². The fourth-order valence-corrected chi connectivity index (χ4v) is 4.42. The number of alkyl halides is 3. The summed E-state index contributed by atoms with van der Waals surface area (Å²) in [5.41, 5.74) is 4.31. The third-order valence-corrected chi connectivity index (χ3v) is 6.13. The minimum Gasteiger partial charge on any atom is -0.479 e. The van der Waals surface area contributed by atoms with Gasteiger partial charge in [0.25, 0.3) is 0 Å². The van der Waals surface area contributed by atoms with E-state index < -0.39 is 42.2 Å². The number of ether oxygens (including phenoxy) is 2. The monoisotopic (exact) mass is 492 g/mol. The van der Waals surface area contributed by atoms with Crippen LogP contribution in [0.3, 0.4) is 0 Å². The van der Waals surface area contributed by atoms with Crippen LogP contribution in [0.25, 0.3) is 11.1 Å². The third kappa shape index (κ3) is 5.40. The van der Waals surface area contributed by atoms with Gasteiger partial charge < -0.3 is 25.2 Å². The first-order valence-electron chi connectivity index (χ1n) is 11.0. The molecule has 0 saturated carbocycles. The van der Waals surface area contributed by atoms with Crippen LogP contribution in [0.5, 0.6) is 0 Å². The Kier molecular flexibility index (Phi) is 6.97. The van der Waals surface area contributed by atoms with E-state index in [1.165, 1.54) is 5.32 Å². The SMILES string of the molecule is O=C(NC[C@@H]1C[C@H](C(=O)NC(C(=O)O)C(F)(F)F)CO1)OCC1c2ccccc2-c2ccccc21. The average Bonchev–Trinajstić information content (AvgIpc) is 3.42. The lowest BCUT2D eigenvalue weighted by molar-refractivity contribution is -0.182. The maximum absolute atomic E-state index is 12.8. The largest absolute Gasteiger partial charge is 0.479 e. The van der Waals surface area contributed by atoms with Crippen molar-refractivity contribution in [2.45, 2.75) is 30.7 Å². The van der Waals surface area contributed by atoms with Gasteiger partial charge in [0.05, 0.1) is 18.6 Å². The second-order valence-corrected chi connectivity index (χ2v) is 8.42. The fraction of sp³-hybridized carbons (Fsp3) is 0.375. The van der Waals surface area contributed by atoms with E-state index in [0.29, 0.717) is 0 Å². The maximum atomic E-state index is 12.8. The molecule has 3 atom stereocenters. The Labute approximate surface area is 198 Å². The molecule has 11 heteroatoms. The molecule has 1 heterocycles. The van der Waals surface area contributed by atoms with Gasteiger partial charge in [-0.15, -0.1) is 0 Å². The van der Waals surface area contributed by atoms with Crippen LogP contribution >= 0.6 is 0 Å². The minimum absolute atomic E-state index is 0.0118. The lowest BCUT2D eigenvalue weighted by atomic mass is 9.98. The summed E-state index contributed by atoms with van der Waals surface area (Å²) in [7, 11) is 0. The Morgan fingerprint density at radius 1 is 1.06 bits per heavy atom. The topological polar surface area (TPSA) is 114 Å². The number of amides is 2. The number of halogens is 3. The molecule has 2 aliphatic rings. The summed E-state index contributed by atoms with van der Waals surface area (Å²) in [6.07, 6.45) is -6.40. The Hall–Kier alpha value is -3.60. The summed E-state index contributed by atoms with van der Waals surface area (Å²) in [6.45, 7) is -0.0837. The van der Waals surface area contributed by atoms with Gasteiger partial charge >= 0.3 is 18.2 Å². The van der Waals surface area contributed by atoms with E-state index in [1.807, 2.05) is 48.5 Å².